The highest BCUT2D eigenvalue weighted by atomic mass is 16.7. The summed E-state index contributed by atoms with van der Waals surface area (Å²) in [5, 5.41) is 39.1. The standard InChI is InChI=1S/C29H56O9/c1-3-4-5-6-7-8-9-10-11-12-13-14-15-16-17-18-19-36-21-23(35-2)22-37-29(34)38-28-25(31)20-24(30)26(32)27(28)33/h23-28,30-33H,3-22H2,1-2H3/t23-,24?,25?,26?,27?,28?/m1/s1. The Morgan fingerprint density at radius 3 is 1.71 bits per heavy atom. The average Bonchev–Trinajstić information content (AvgIpc) is 2.90. The highest BCUT2D eigenvalue weighted by molar-refractivity contribution is 5.60. The van der Waals surface area contributed by atoms with Crippen molar-refractivity contribution in [3.8, 4) is 0 Å². The molecule has 9 heteroatoms. The SMILES string of the molecule is CCCCCCCCCCCCCCCCCCOC[C@H](COC(=O)OC1C(O)CC(O)C(O)C1O)OC. The zero-order valence-electron chi connectivity index (χ0n) is 23.9. The molecule has 0 aromatic rings. The predicted molar refractivity (Wildman–Crippen MR) is 146 cm³/mol. The normalized spacial score (nSPS) is 24.3. The molecule has 38 heavy (non-hydrogen) atoms. The van der Waals surface area contributed by atoms with Crippen molar-refractivity contribution in [2.75, 3.05) is 26.9 Å². The Bertz CT molecular complexity index is 562. The van der Waals surface area contributed by atoms with Crippen LogP contribution in [0.4, 0.5) is 4.79 Å². The summed E-state index contributed by atoms with van der Waals surface area (Å²) in [6.45, 7) is 3.03. The maximum atomic E-state index is 11.9. The van der Waals surface area contributed by atoms with E-state index in [0.717, 1.165) is 12.8 Å². The molecule has 0 radical (unpaired) electrons. The van der Waals surface area contributed by atoms with E-state index in [0.29, 0.717) is 6.61 Å². The van der Waals surface area contributed by atoms with Gasteiger partial charge in [-0.25, -0.2) is 4.79 Å². The van der Waals surface area contributed by atoms with Gasteiger partial charge in [-0.05, 0) is 6.42 Å². The van der Waals surface area contributed by atoms with Gasteiger partial charge < -0.3 is 39.4 Å². The fraction of sp³-hybridized carbons (Fsp3) is 0.966. The van der Waals surface area contributed by atoms with Gasteiger partial charge in [-0.15, -0.1) is 0 Å². The second kappa shape index (κ2) is 22.8. The van der Waals surface area contributed by atoms with Gasteiger partial charge in [0.2, 0.25) is 0 Å². The highest BCUT2D eigenvalue weighted by Gasteiger charge is 2.44. The number of carbonyl (C=O) groups excluding carboxylic acids is 1. The molecule has 4 N–H and O–H groups in total. The lowest BCUT2D eigenvalue weighted by Gasteiger charge is -2.37. The zero-order valence-corrected chi connectivity index (χ0v) is 23.9. The Kier molecular flexibility index (Phi) is 21.0. The molecule has 0 saturated heterocycles. The van der Waals surface area contributed by atoms with E-state index in [1.54, 1.807) is 0 Å². The Labute approximate surface area is 230 Å². The van der Waals surface area contributed by atoms with E-state index in [1.807, 2.05) is 0 Å². The molecule has 6 atom stereocenters. The molecular weight excluding hydrogens is 492 g/mol. The molecular formula is C29H56O9. The van der Waals surface area contributed by atoms with Crippen molar-refractivity contribution in [3.63, 3.8) is 0 Å². The molecule has 1 aliphatic carbocycles. The minimum absolute atomic E-state index is 0.113. The molecule has 0 amide bonds. The molecule has 1 fully saturated rings. The predicted octanol–water partition coefficient (Wildman–Crippen LogP) is 4.65. The number of hydrogen-bond donors (Lipinski definition) is 4. The first kappa shape index (κ1) is 35.1. The van der Waals surface area contributed by atoms with Gasteiger partial charge in [0.25, 0.3) is 0 Å². The first-order valence-corrected chi connectivity index (χ1v) is 15.1. The van der Waals surface area contributed by atoms with Crippen LogP contribution >= 0.6 is 0 Å². The number of ether oxygens (including phenoxy) is 4. The molecule has 1 rings (SSSR count). The summed E-state index contributed by atoms with van der Waals surface area (Å²) in [5.41, 5.74) is 0. The maximum absolute atomic E-state index is 11.9. The van der Waals surface area contributed by atoms with Gasteiger partial charge in [0, 0.05) is 20.1 Å². The van der Waals surface area contributed by atoms with E-state index in [4.69, 9.17) is 18.9 Å². The molecule has 5 unspecified atom stereocenters. The monoisotopic (exact) mass is 548 g/mol. The molecule has 226 valence electrons. The van der Waals surface area contributed by atoms with Crippen molar-refractivity contribution in [1.82, 2.24) is 0 Å². The Hall–Kier alpha value is -0.970. The van der Waals surface area contributed by atoms with Crippen LogP contribution in [0.1, 0.15) is 116 Å². The average molecular weight is 549 g/mol. The molecule has 9 nitrogen and oxygen atoms in total. The van der Waals surface area contributed by atoms with Gasteiger partial charge in [-0.2, -0.15) is 0 Å². The van der Waals surface area contributed by atoms with Crippen molar-refractivity contribution in [3.05, 3.63) is 0 Å². The van der Waals surface area contributed by atoms with E-state index >= 15 is 0 Å². The van der Waals surface area contributed by atoms with Gasteiger partial charge >= 0.3 is 6.16 Å². The zero-order chi connectivity index (χ0) is 28.0. The Morgan fingerprint density at radius 1 is 0.711 bits per heavy atom. The number of carbonyl (C=O) groups is 1. The number of unbranched alkanes of at least 4 members (excludes halogenated alkanes) is 15. The molecule has 0 aromatic heterocycles. The summed E-state index contributed by atoms with van der Waals surface area (Å²) in [6, 6.07) is 0. The summed E-state index contributed by atoms with van der Waals surface area (Å²) >= 11 is 0. The van der Waals surface area contributed by atoms with E-state index < -0.39 is 42.8 Å². The van der Waals surface area contributed by atoms with Crippen LogP contribution < -0.4 is 0 Å². The van der Waals surface area contributed by atoms with E-state index in [2.05, 4.69) is 6.92 Å². The van der Waals surface area contributed by atoms with Crippen molar-refractivity contribution in [2.45, 2.75) is 153 Å². The van der Waals surface area contributed by atoms with Crippen LogP contribution in [0.25, 0.3) is 0 Å². The smallest absolute Gasteiger partial charge is 0.431 e. The Balaban J connectivity index is 1.94. The van der Waals surface area contributed by atoms with Crippen LogP contribution in [0, 0.1) is 0 Å². The first-order valence-electron chi connectivity index (χ1n) is 15.1. The number of hydrogen-bond acceptors (Lipinski definition) is 9. The summed E-state index contributed by atoms with van der Waals surface area (Å²) in [5.74, 6) is 0. The lowest BCUT2D eigenvalue weighted by atomic mass is 9.87. The third-order valence-electron chi connectivity index (χ3n) is 7.34. The van der Waals surface area contributed by atoms with Crippen molar-refractivity contribution < 1.29 is 44.2 Å². The second-order valence-electron chi connectivity index (χ2n) is 10.7. The molecule has 0 bridgehead atoms. The third kappa shape index (κ3) is 16.2. The van der Waals surface area contributed by atoms with Gasteiger partial charge in [0.15, 0.2) is 6.10 Å². The molecule has 0 spiro atoms. The van der Waals surface area contributed by atoms with Crippen LogP contribution in [-0.4, -0.2) is 90.1 Å². The van der Waals surface area contributed by atoms with Gasteiger partial charge in [0.1, 0.15) is 24.9 Å². The largest absolute Gasteiger partial charge is 0.508 e. The summed E-state index contributed by atoms with van der Waals surface area (Å²) < 4.78 is 20.9. The van der Waals surface area contributed by atoms with Crippen LogP contribution in [-0.2, 0) is 18.9 Å². The van der Waals surface area contributed by atoms with Crippen LogP contribution in [0.15, 0.2) is 0 Å². The third-order valence-corrected chi connectivity index (χ3v) is 7.34. The van der Waals surface area contributed by atoms with Gasteiger partial charge in [-0.3, -0.25) is 0 Å². The molecule has 0 heterocycles. The summed E-state index contributed by atoms with van der Waals surface area (Å²) in [4.78, 5) is 11.9. The fourth-order valence-corrected chi connectivity index (χ4v) is 4.78. The van der Waals surface area contributed by atoms with Crippen molar-refractivity contribution in [2.24, 2.45) is 0 Å². The molecule has 1 aliphatic rings. The molecule has 1 saturated carbocycles. The number of aliphatic hydroxyl groups is 4. The minimum Gasteiger partial charge on any atom is -0.431 e. The summed E-state index contributed by atoms with van der Waals surface area (Å²) in [6.07, 6.45) is 12.2. The van der Waals surface area contributed by atoms with E-state index in [1.165, 1.54) is 97.0 Å². The highest BCUT2D eigenvalue weighted by Crippen LogP contribution is 2.23. The maximum Gasteiger partial charge on any atom is 0.508 e. The van der Waals surface area contributed by atoms with Crippen LogP contribution in [0.2, 0.25) is 0 Å². The van der Waals surface area contributed by atoms with E-state index in [9.17, 15) is 25.2 Å². The fourth-order valence-electron chi connectivity index (χ4n) is 4.78. The van der Waals surface area contributed by atoms with Gasteiger partial charge in [0.05, 0.1) is 18.8 Å². The number of rotatable bonds is 23. The molecule has 0 aliphatic heterocycles. The molecule has 0 aromatic carbocycles. The topological polar surface area (TPSA) is 135 Å². The van der Waals surface area contributed by atoms with Crippen molar-refractivity contribution >= 4 is 6.16 Å². The summed E-state index contributed by atoms with van der Waals surface area (Å²) in [7, 11) is 1.49. The van der Waals surface area contributed by atoms with Crippen LogP contribution in [0.3, 0.4) is 0 Å². The lowest BCUT2D eigenvalue weighted by molar-refractivity contribution is -0.183. The van der Waals surface area contributed by atoms with Crippen molar-refractivity contribution in [1.29, 1.82) is 0 Å². The second-order valence-corrected chi connectivity index (χ2v) is 10.7. The first-order chi connectivity index (χ1) is 18.4. The number of methoxy groups -OCH3 is 1. The lowest BCUT2D eigenvalue weighted by Crippen LogP contribution is -2.57. The number of aliphatic hydroxyl groups excluding tert-OH is 4. The van der Waals surface area contributed by atoms with Gasteiger partial charge in [-0.1, -0.05) is 103 Å². The van der Waals surface area contributed by atoms with Crippen LogP contribution in [0.5, 0.6) is 0 Å². The van der Waals surface area contributed by atoms with E-state index in [-0.39, 0.29) is 19.6 Å². The minimum atomic E-state index is -1.61. The Morgan fingerprint density at radius 2 is 1.21 bits per heavy atom. The quantitative estimate of drug-likeness (QED) is 0.106.